The van der Waals surface area contributed by atoms with Crippen LogP contribution in [0.3, 0.4) is 0 Å². The zero-order chi connectivity index (χ0) is 12.1. The fraction of sp³-hybridized carbons (Fsp3) is 0.167. The van der Waals surface area contributed by atoms with Crippen molar-refractivity contribution in [3.8, 4) is 0 Å². The maximum atomic E-state index is 5.76. The van der Waals surface area contributed by atoms with Crippen LogP contribution in [0.1, 0.15) is 11.1 Å². The summed E-state index contributed by atoms with van der Waals surface area (Å²) in [6.07, 6.45) is 1.43. The molecule has 0 atom stereocenters. The van der Waals surface area contributed by atoms with E-state index in [1.807, 2.05) is 24.3 Å². The second-order valence-corrected chi connectivity index (χ2v) is 4.18. The molecule has 0 bridgehead atoms. The van der Waals surface area contributed by atoms with Gasteiger partial charge in [0.1, 0.15) is 17.3 Å². The van der Waals surface area contributed by atoms with E-state index >= 15 is 0 Å². The second kappa shape index (κ2) is 5.84. The molecule has 0 aliphatic rings. The molecule has 0 amide bonds. The molecule has 5 heteroatoms. The molecule has 1 N–H and O–H groups in total. The van der Waals surface area contributed by atoms with E-state index in [0.717, 1.165) is 11.1 Å². The van der Waals surface area contributed by atoms with E-state index in [0.29, 0.717) is 23.4 Å². The van der Waals surface area contributed by atoms with Gasteiger partial charge in [0, 0.05) is 18.5 Å². The van der Waals surface area contributed by atoms with Crippen LogP contribution in [-0.2, 0) is 12.4 Å². The normalized spacial score (nSPS) is 10.2. The Morgan fingerprint density at radius 2 is 1.76 bits per heavy atom. The summed E-state index contributed by atoms with van der Waals surface area (Å²) in [5, 5.41) is 3.60. The van der Waals surface area contributed by atoms with Crippen LogP contribution < -0.4 is 5.32 Å². The molecule has 0 radical (unpaired) electrons. The van der Waals surface area contributed by atoms with Crippen molar-refractivity contribution in [2.75, 3.05) is 5.32 Å². The van der Waals surface area contributed by atoms with Gasteiger partial charge >= 0.3 is 0 Å². The summed E-state index contributed by atoms with van der Waals surface area (Å²) in [5.41, 5.74) is 2.27. The summed E-state index contributed by atoms with van der Waals surface area (Å²) in [7, 11) is 0. The van der Waals surface area contributed by atoms with Gasteiger partial charge in [-0.25, -0.2) is 9.97 Å². The number of anilines is 1. The predicted octanol–water partition coefficient (Wildman–Crippen LogP) is 3.48. The topological polar surface area (TPSA) is 37.8 Å². The number of aromatic nitrogens is 2. The van der Waals surface area contributed by atoms with E-state index in [9.17, 15) is 0 Å². The van der Waals surface area contributed by atoms with Gasteiger partial charge in [-0.1, -0.05) is 35.9 Å². The molecular formula is C12H11Cl2N3. The Balaban J connectivity index is 1.97. The predicted molar refractivity (Wildman–Crippen MR) is 70.4 cm³/mol. The lowest BCUT2D eigenvalue weighted by atomic mass is 10.1. The van der Waals surface area contributed by atoms with Crippen LogP contribution in [0.2, 0.25) is 5.15 Å². The average Bonchev–Trinajstić information content (AvgIpc) is 2.37. The molecule has 1 aromatic heterocycles. The van der Waals surface area contributed by atoms with Crippen LogP contribution in [0.15, 0.2) is 36.7 Å². The van der Waals surface area contributed by atoms with Crippen LogP contribution >= 0.6 is 23.2 Å². The molecule has 0 saturated heterocycles. The number of nitrogens with zero attached hydrogens (tertiary/aromatic N) is 2. The molecular weight excluding hydrogens is 257 g/mol. The Morgan fingerprint density at radius 3 is 2.41 bits per heavy atom. The minimum atomic E-state index is 0.431. The third-order valence-electron chi connectivity index (χ3n) is 2.28. The second-order valence-electron chi connectivity index (χ2n) is 3.53. The maximum Gasteiger partial charge on any atom is 0.134 e. The van der Waals surface area contributed by atoms with E-state index in [4.69, 9.17) is 23.2 Å². The van der Waals surface area contributed by atoms with E-state index in [1.54, 1.807) is 6.07 Å². The molecule has 1 aromatic carbocycles. The number of hydrogen-bond donors (Lipinski definition) is 1. The monoisotopic (exact) mass is 267 g/mol. The summed E-state index contributed by atoms with van der Waals surface area (Å²) in [6.45, 7) is 0.690. The number of hydrogen-bond acceptors (Lipinski definition) is 3. The largest absolute Gasteiger partial charge is 0.366 e. The van der Waals surface area contributed by atoms with Crippen molar-refractivity contribution in [2.24, 2.45) is 0 Å². The summed E-state index contributed by atoms with van der Waals surface area (Å²) in [4.78, 5) is 7.88. The molecule has 0 fully saturated rings. The third-order valence-corrected chi connectivity index (χ3v) is 2.80. The molecule has 0 aliphatic carbocycles. The molecule has 0 unspecified atom stereocenters. The number of benzene rings is 1. The Bertz CT molecular complexity index is 485. The first-order valence-electron chi connectivity index (χ1n) is 5.13. The number of nitrogens with one attached hydrogen (secondary N) is 1. The molecule has 0 spiro atoms. The van der Waals surface area contributed by atoms with Crippen molar-refractivity contribution < 1.29 is 0 Å². The quantitative estimate of drug-likeness (QED) is 0.681. The molecule has 0 aliphatic heterocycles. The van der Waals surface area contributed by atoms with Gasteiger partial charge in [-0.15, -0.1) is 11.6 Å². The van der Waals surface area contributed by atoms with Crippen molar-refractivity contribution in [3.05, 3.63) is 52.9 Å². The van der Waals surface area contributed by atoms with Gasteiger partial charge in [-0.3, -0.25) is 0 Å². The van der Waals surface area contributed by atoms with Crippen LogP contribution in [0.25, 0.3) is 0 Å². The zero-order valence-electron chi connectivity index (χ0n) is 9.03. The standard InChI is InChI=1S/C12H11Cl2N3/c13-6-9-1-3-10(4-2-9)7-15-12-5-11(14)16-8-17-12/h1-5,8H,6-7H2,(H,15,16,17). The number of halogens is 2. The number of alkyl halides is 1. The zero-order valence-corrected chi connectivity index (χ0v) is 10.5. The van der Waals surface area contributed by atoms with Crippen molar-refractivity contribution in [1.82, 2.24) is 9.97 Å². The lowest BCUT2D eigenvalue weighted by Gasteiger charge is -2.06. The highest BCUT2D eigenvalue weighted by Gasteiger charge is 1.97. The Labute approximate surface area is 110 Å². The number of rotatable bonds is 4. The maximum absolute atomic E-state index is 5.76. The first kappa shape index (κ1) is 12.1. The first-order chi connectivity index (χ1) is 8.28. The van der Waals surface area contributed by atoms with Crippen LogP contribution in [0.4, 0.5) is 5.82 Å². The Morgan fingerprint density at radius 1 is 1.06 bits per heavy atom. The molecule has 88 valence electrons. The minimum Gasteiger partial charge on any atom is -0.366 e. The van der Waals surface area contributed by atoms with Crippen LogP contribution in [0, 0.1) is 0 Å². The van der Waals surface area contributed by atoms with Gasteiger partial charge in [0.2, 0.25) is 0 Å². The van der Waals surface area contributed by atoms with Gasteiger partial charge < -0.3 is 5.32 Å². The first-order valence-corrected chi connectivity index (χ1v) is 6.04. The van der Waals surface area contributed by atoms with Gasteiger partial charge in [0.25, 0.3) is 0 Å². The summed E-state index contributed by atoms with van der Waals surface area (Å²) in [6, 6.07) is 9.78. The molecule has 0 saturated carbocycles. The molecule has 2 rings (SSSR count). The Kier molecular flexibility index (Phi) is 4.18. The molecule has 3 nitrogen and oxygen atoms in total. The highest BCUT2D eigenvalue weighted by molar-refractivity contribution is 6.29. The third kappa shape index (κ3) is 3.58. The average molecular weight is 268 g/mol. The minimum absolute atomic E-state index is 0.431. The van der Waals surface area contributed by atoms with Gasteiger partial charge in [0.05, 0.1) is 0 Å². The van der Waals surface area contributed by atoms with Crippen molar-refractivity contribution in [1.29, 1.82) is 0 Å². The van der Waals surface area contributed by atoms with E-state index in [1.165, 1.54) is 6.33 Å². The van der Waals surface area contributed by atoms with Crippen molar-refractivity contribution in [2.45, 2.75) is 12.4 Å². The van der Waals surface area contributed by atoms with E-state index in [2.05, 4.69) is 15.3 Å². The summed E-state index contributed by atoms with van der Waals surface area (Å²) in [5.74, 6) is 1.25. The summed E-state index contributed by atoms with van der Waals surface area (Å²) >= 11 is 11.5. The van der Waals surface area contributed by atoms with Crippen LogP contribution in [0.5, 0.6) is 0 Å². The van der Waals surface area contributed by atoms with Gasteiger partial charge in [-0.05, 0) is 11.1 Å². The van der Waals surface area contributed by atoms with E-state index < -0.39 is 0 Å². The lowest BCUT2D eigenvalue weighted by molar-refractivity contribution is 1.08. The fourth-order valence-corrected chi connectivity index (χ4v) is 1.69. The smallest absolute Gasteiger partial charge is 0.134 e. The SMILES string of the molecule is ClCc1ccc(CNc2cc(Cl)ncn2)cc1. The lowest BCUT2D eigenvalue weighted by Crippen LogP contribution is -2.01. The van der Waals surface area contributed by atoms with Crippen molar-refractivity contribution in [3.63, 3.8) is 0 Å². The highest BCUT2D eigenvalue weighted by atomic mass is 35.5. The summed E-state index contributed by atoms with van der Waals surface area (Å²) < 4.78 is 0. The Hall–Kier alpha value is -1.32. The van der Waals surface area contributed by atoms with E-state index in [-0.39, 0.29) is 0 Å². The molecule has 17 heavy (non-hydrogen) atoms. The highest BCUT2D eigenvalue weighted by Crippen LogP contribution is 2.11. The molecule has 2 aromatic rings. The van der Waals surface area contributed by atoms with Gasteiger partial charge in [0.15, 0.2) is 0 Å². The van der Waals surface area contributed by atoms with Crippen molar-refractivity contribution >= 4 is 29.0 Å². The van der Waals surface area contributed by atoms with Crippen LogP contribution in [-0.4, -0.2) is 9.97 Å². The fourth-order valence-electron chi connectivity index (χ4n) is 1.37. The molecule has 1 heterocycles. The van der Waals surface area contributed by atoms with Gasteiger partial charge in [-0.2, -0.15) is 0 Å².